The van der Waals surface area contributed by atoms with E-state index in [1.807, 2.05) is 0 Å². The lowest BCUT2D eigenvalue weighted by Gasteiger charge is -2.22. The van der Waals surface area contributed by atoms with Crippen LogP contribution in [0.2, 0.25) is 0 Å². The second kappa shape index (κ2) is 5.30. The zero-order valence-corrected chi connectivity index (χ0v) is 11.5. The molecular weight excluding hydrogens is 311 g/mol. The van der Waals surface area contributed by atoms with E-state index < -0.39 is 45.2 Å². The van der Waals surface area contributed by atoms with Crippen molar-refractivity contribution in [3.63, 3.8) is 0 Å². The Bertz CT molecular complexity index is 653. The first-order valence-corrected chi connectivity index (χ1v) is 7.48. The molecule has 0 unspecified atom stereocenters. The lowest BCUT2D eigenvalue weighted by Crippen LogP contribution is -2.38. The number of aliphatic carboxylic acids is 1. The molecule has 0 atom stereocenters. The Hall–Kier alpha value is -1.61. The van der Waals surface area contributed by atoms with Crippen LogP contribution in [0.3, 0.4) is 0 Å². The molecule has 0 heterocycles. The number of nitrogens with zero attached hydrogens (tertiary/aromatic N) is 1. The van der Waals surface area contributed by atoms with Gasteiger partial charge in [0.05, 0.1) is 10.5 Å². The van der Waals surface area contributed by atoms with Crippen molar-refractivity contribution in [2.75, 3.05) is 6.54 Å². The third kappa shape index (κ3) is 3.35. The second-order valence-electron chi connectivity index (χ2n) is 4.67. The van der Waals surface area contributed by atoms with E-state index in [4.69, 9.17) is 5.11 Å². The van der Waals surface area contributed by atoms with E-state index in [2.05, 4.69) is 0 Å². The van der Waals surface area contributed by atoms with E-state index in [-0.39, 0.29) is 0 Å². The highest BCUT2D eigenvalue weighted by molar-refractivity contribution is 7.89. The van der Waals surface area contributed by atoms with Crippen LogP contribution in [0.15, 0.2) is 29.2 Å². The van der Waals surface area contributed by atoms with Gasteiger partial charge in [-0.3, -0.25) is 4.79 Å². The highest BCUT2D eigenvalue weighted by atomic mass is 32.2. The summed E-state index contributed by atoms with van der Waals surface area (Å²) >= 11 is 0. The summed E-state index contributed by atoms with van der Waals surface area (Å²) in [7, 11) is -4.51. The molecule has 1 aliphatic carbocycles. The quantitative estimate of drug-likeness (QED) is 0.898. The number of benzene rings is 1. The normalized spacial score (nSPS) is 16.2. The van der Waals surface area contributed by atoms with E-state index in [1.165, 1.54) is 6.07 Å². The van der Waals surface area contributed by atoms with E-state index in [9.17, 15) is 26.4 Å². The minimum absolute atomic E-state index is 0.445. The number of carbonyl (C=O) groups is 1. The standard InChI is InChI=1S/C12H12F3NO4S/c13-12(14,15)9-3-1-2-4-10(9)21(19,20)16(7-11(17)18)8-5-6-8/h1-4,8H,5-7H2,(H,17,18). The van der Waals surface area contributed by atoms with Crippen LogP contribution < -0.4 is 0 Å². The first-order chi connectivity index (χ1) is 9.64. The Balaban J connectivity index is 2.50. The molecule has 1 aromatic rings. The molecule has 0 spiro atoms. The van der Waals surface area contributed by atoms with E-state index in [1.54, 1.807) is 0 Å². The summed E-state index contributed by atoms with van der Waals surface area (Å²) < 4.78 is 64.1. The summed E-state index contributed by atoms with van der Waals surface area (Å²) in [4.78, 5) is 9.86. The molecule has 1 fully saturated rings. The van der Waals surface area contributed by atoms with Crippen molar-refractivity contribution >= 4 is 16.0 Å². The first kappa shape index (κ1) is 15.8. The number of carboxylic acids is 1. The Morgan fingerprint density at radius 3 is 2.33 bits per heavy atom. The van der Waals surface area contributed by atoms with E-state index in [0.717, 1.165) is 12.1 Å². The fourth-order valence-corrected chi connectivity index (χ4v) is 3.81. The summed E-state index contributed by atoms with van der Waals surface area (Å²) in [6, 6.07) is 3.22. The van der Waals surface area contributed by atoms with Crippen LogP contribution in [-0.2, 0) is 21.0 Å². The molecule has 0 aromatic heterocycles. The van der Waals surface area contributed by atoms with Gasteiger partial charge in [0, 0.05) is 6.04 Å². The van der Waals surface area contributed by atoms with Crippen LogP contribution in [0.5, 0.6) is 0 Å². The SMILES string of the molecule is O=C(O)CN(C1CC1)S(=O)(=O)c1ccccc1C(F)(F)F. The largest absolute Gasteiger partial charge is 0.480 e. The summed E-state index contributed by atoms with van der Waals surface area (Å²) in [6.07, 6.45) is -3.94. The van der Waals surface area contributed by atoms with Gasteiger partial charge in [0.15, 0.2) is 0 Å². The van der Waals surface area contributed by atoms with Crippen molar-refractivity contribution in [3.8, 4) is 0 Å². The lowest BCUT2D eigenvalue weighted by molar-refractivity contribution is -0.140. The molecule has 5 nitrogen and oxygen atoms in total. The van der Waals surface area contributed by atoms with Gasteiger partial charge in [-0.15, -0.1) is 0 Å². The number of carboxylic acid groups (broad SMARTS) is 1. The predicted molar refractivity (Wildman–Crippen MR) is 66.0 cm³/mol. The fraction of sp³-hybridized carbons (Fsp3) is 0.417. The molecule has 1 aromatic carbocycles. The van der Waals surface area contributed by atoms with Crippen LogP contribution in [-0.4, -0.2) is 36.4 Å². The zero-order valence-electron chi connectivity index (χ0n) is 10.7. The number of alkyl halides is 3. The molecule has 0 bridgehead atoms. The number of halogens is 3. The van der Waals surface area contributed by atoms with E-state index >= 15 is 0 Å². The van der Waals surface area contributed by atoms with Gasteiger partial charge in [0.1, 0.15) is 6.54 Å². The van der Waals surface area contributed by atoms with Crippen molar-refractivity contribution in [2.45, 2.75) is 30.0 Å². The minimum atomic E-state index is -4.83. The maximum absolute atomic E-state index is 12.9. The smallest absolute Gasteiger partial charge is 0.417 e. The topological polar surface area (TPSA) is 74.7 Å². The average Bonchev–Trinajstić information content (AvgIpc) is 3.18. The Kier molecular flexibility index (Phi) is 3.98. The maximum atomic E-state index is 12.9. The van der Waals surface area contributed by atoms with Crippen molar-refractivity contribution in [2.24, 2.45) is 0 Å². The third-order valence-electron chi connectivity index (χ3n) is 3.02. The molecule has 2 rings (SSSR count). The fourth-order valence-electron chi connectivity index (χ4n) is 1.96. The van der Waals surface area contributed by atoms with Gasteiger partial charge in [-0.2, -0.15) is 17.5 Å². The summed E-state index contributed by atoms with van der Waals surface area (Å²) in [5, 5.41) is 8.77. The number of sulfonamides is 1. The van der Waals surface area contributed by atoms with Gasteiger partial charge in [0.25, 0.3) is 0 Å². The maximum Gasteiger partial charge on any atom is 0.417 e. The Labute approximate surface area is 119 Å². The Morgan fingerprint density at radius 2 is 1.86 bits per heavy atom. The average molecular weight is 323 g/mol. The number of rotatable bonds is 5. The molecule has 0 saturated heterocycles. The third-order valence-corrected chi connectivity index (χ3v) is 4.98. The van der Waals surface area contributed by atoms with Crippen molar-refractivity contribution in [3.05, 3.63) is 29.8 Å². The molecular formula is C12H12F3NO4S. The highest BCUT2D eigenvalue weighted by Crippen LogP contribution is 2.38. The number of hydrogen-bond donors (Lipinski definition) is 1. The molecule has 1 aliphatic rings. The van der Waals surface area contributed by atoms with Gasteiger partial charge in [0.2, 0.25) is 10.0 Å². The van der Waals surface area contributed by atoms with Crippen molar-refractivity contribution < 1.29 is 31.5 Å². The second-order valence-corrected chi connectivity index (χ2v) is 6.53. The van der Waals surface area contributed by atoms with Crippen LogP contribution in [0.25, 0.3) is 0 Å². The van der Waals surface area contributed by atoms with Crippen LogP contribution in [0.4, 0.5) is 13.2 Å². The molecule has 0 radical (unpaired) electrons. The van der Waals surface area contributed by atoms with Gasteiger partial charge >= 0.3 is 12.1 Å². The van der Waals surface area contributed by atoms with Crippen molar-refractivity contribution in [1.82, 2.24) is 4.31 Å². The molecule has 0 amide bonds. The summed E-state index contributed by atoms with van der Waals surface area (Å²) in [6.45, 7) is -0.848. The van der Waals surface area contributed by atoms with Gasteiger partial charge in [-0.1, -0.05) is 12.1 Å². The predicted octanol–water partition coefficient (Wildman–Crippen LogP) is 1.94. The molecule has 9 heteroatoms. The number of hydrogen-bond acceptors (Lipinski definition) is 3. The molecule has 0 aliphatic heterocycles. The molecule has 1 N–H and O–H groups in total. The monoisotopic (exact) mass is 323 g/mol. The van der Waals surface area contributed by atoms with Gasteiger partial charge in [-0.05, 0) is 25.0 Å². The minimum Gasteiger partial charge on any atom is -0.480 e. The van der Waals surface area contributed by atoms with Crippen molar-refractivity contribution in [1.29, 1.82) is 0 Å². The highest BCUT2D eigenvalue weighted by Gasteiger charge is 2.43. The summed E-state index contributed by atoms with van der Waals surface area (Å²) in [5.41, 5.74) is -1.29. The Morgan fingerprint density at radius 1 is 1.29 bits per heavy atom. The first-order valence-electron chi connectivity index (χ1n) is 6.04. The van der Waals surface area contributed by atoms with Gasteiger partial charge < -0.3 is 5.11 Å². The van der Waals surface area contributed by atoms with Crippen LogP contribution >= 0.6 is 0 Å². The summed E-state index contributed by atoms with van der Waals surface area (Å²) in [5.74, 6) is -1.41. The molecule has 21 heavy (non-hydrogen) atoms. The molecule has 1 saturated carbocycles. The lowest BCUT2D eigenvalue weighted by atomic mass is 10.2. The zero-order chi connectivity index (χ0) is 15.8. The molecule has 116 valence electrons. The van der Waals surface area contributed by atoms with E-state index in [0.29, 0.717) is 23.2 Å². The van der Waals surface area contributed by atoms with Gasteiger partial charge in [-0.25, -0.2) is 8.42 Å². The van der Waals surface area contributed by atoms with Crippen LogP contribution in [0, 0.1) is 0 Å². The van der Waals surface area contributed by atoms with Crippen LogP contribution in [0.1, 0.15) is 18.4 Å².